The Morgan fingerprint density at radius 1 is 1.25 bits per heavy atom. The van der Waals surface area contributed by atoms with Gasteiger partial charge in [0.1, 0.15) is 6.54 Å². The number of nitrogens with two attached hydrogens (primary N) is 1. The molecule has 4 N–H and O–H groups in total. The van der Waals surface area contributed by atoms with Gasteiger partial charge in [-0.1, -0.05) is 12.1 Å². The van der Waals surface area contributed by atoms with Crippen molar-refractivity contribution in [1.82, 2.24) is 25.3 Å². The Hall–Kier alpha value is -4.61. The zero-order chi connectivity index (χ0) is 22.7. The number of aromatic nitrogens is 4. The van der Waals surface area contributed by atoms with Crippen LogP contribution in [-0.2, 0) is 11.3 Å². The van der Waals surface area contributed by atoms with Crippen LogP contribution in [0.15, 0.2) is 46.1 Å². The molecule has 12 heteroatoms. The van der Waals surface area contributed by atoms with Crippen LogP contribution in [0.5, 0.6) is 17.2 Å². The fourth-order valence-electron chi connectivity index (χ4n) is 3.11. The maximum atomic E-state index is 12.6. The molecular weight excluding hydrogens is 418 g/mol. The van der Waals surface area contributed by atoms with Crippen LogP contribution in [-0.4, -0.2) is 51.3 Å². The molecule has 2 aromatic heterocycles. The average Bonchev–Trinajstić information content (AvgIpc) is 3.37. The Balaban J connectivity index is 1.56. The Bertz CT molecular complexity index is 1290. The molecule has 4 aromatic rings. The predicted octanol–water partition coefficient (Wildman–Crippen LogP) is 1.54. The number of carbonyl (C=O) groups is 1. The number of fused-ring (bicyclic) bond motifs is 1. The lowest BCUT2D eigenvalue weighted by molar-refractivity contribution is -0.121. The number of nitrogen functional groups attached to an aromatic ring is 1. The van der Waals surface area contributed by atoms with Gasteiger partial charge in [-0.2, -0.15) is 5.10 Å². The zero-order valence-corrected chi connectivity index (χ0v) is 17.1. The van der Waals surface area contributed by atoms with Gasteiger partial charge in [-0.3, -0.25) is 4.79 Å². The third-order valence-electron chi connectivity index (χ3n) is 4.59. The SMILES string of the molecule is COc1cc(/C=N/NC(=O)Cn2c(-c3nonc3N)nc3ccccc32)cc(OC)c1O. The van der Waals surface area contributed by atoms with Crippen molar-refractivity contribution >= 4 is 29.0 Å². The van der Waals surface area contributed by atoms with Crippen molar-refractivity contribution in [2.24, 2.45) is 5.10 Å². The van der Waals surface area contributed by atoms with Crippen LogP contribution in [0.1, 0.15) is 5.56 Å². The second-order valence-corrected chi connectivity index (χ2v) is 6.58. The summed E-state index contributed by atoms with van der Waals surface area (Å²) in [6, 6.07) is 10.4. The van der Waals surface area contributed by atoms with Gasteiger partial charge in [0.15, 0.2) is 28.8 Å². The molecule has 2 aromatic carbocycles. The molecule has 2 heterocycles. The summed E-state index contributed by atoms with van der Waals surface area (Å²) in [6.07, 6.45) is 1.40. The molecule has 0 fully saturated rings. The number of hydrogen-bond acceptors (Lipinski definition) is 10. The summed E-state index contributed by atoms with van der Waals surface area (Å²) >= 11 is 0. The fourth-order valence-corrected chi connectivity index (χ4v) is 3.11. The molecule has 0 aliphatic rings. The molecule has 0 aliphatic carbocycles. The van der Waals surface area contributed by atoms with Gasteiger partial charge in [0, 0.05) is 5.56 Å². The third-order valence-corrected chi connectivity index (χ3v) is 4.59. The first kappa shape index (κ1) is 20.7. The highest BCUT2D eigenvalue weighted by atomic mass is 16.6. The van der Waals surface area contributed by atoms with Crippen molar-refractivity contribution < 1.29 is 24.0 Å². The average molecular weight is 437 g/mol. The molecule has 0 unspecified atom stereocenters. The zero-order valence-electron chi connectivity index (χ0n) is 17.1. The minimum atomic E-state index is -0.418. The molecule has 0 saturated heterocycles. The first-order chi connectivity index (χ1) is 15.5. The maximum absolute atomic E-state index is 12.6. The Kier molecular flexibility index (Phi) is 5.57. The lowest BCUT2D eigenvalue weighted by atomic mass is 10.2. The molecule has 32 heavy (non-hydrogen) atoms. The van der Waals surface area contributed by atoms with Crippen molar-refractivity contribution in [2.45, 2.75) is 6.54 Å². The fraction of sp³-hybridized carbons (Fsp3) is 0.150. The highest BCUT2D eigenvalue weighted by Gasteiger charge is 2.20. The third kappa shape index (κ3) is 3.88. The Morgan fingerprint density at radius 3 is 2.62 bits per heavy atom. The summed E-state index contributed by atoms with van der Waals surface area (Å²) < 4.78 is 16.5. The second kappa shape index (κ2) is 8.63. The number of carbonyl (C=O) groups excluding carboxylic acids is 1. The molecule has 0 saturated carbocycles. The molecule has 4 rings (SSSR count). The number of nitrogens with one attached hydrogen (secondary N) is 1. The number of nitrogens with zero attached hydrogens (tertiary/aromatic N) is 5. The summed E-state index contributed by atoms with van der Waals surface area (Å²) in [4.78, 5) is 17.1. The lowest BCUT2D eigenvalue weighted by Crippen LogP contribution is -2.23. The van der Waals surface area contributed by atoms with Crippen LogP contribution >= 0.6 is 0 Å². The topological polar surface area (TPSA) is 163 Å². The van der Waals surface area contributed by atoms with Gasteiger partial charge in [-0.05, 0) is 34.6 Å². The molecule has 0 spiro atoms. The summed E-state index contributed by atoms with van der Waals surface area (Å²) in [5, 5.41) is 21.3. The number of anilines is 1. The molecule has 1 amide bonds. The van der Waals surface area contributed by atoms with E-state index in [0.717, 1.165) is 0 Å². The van der Waals surface area contributed by atoms with Gasteiger partial charge >= 0.3 is 0 Å². The van der Waals surface area contributed by atoms with E-state index in [1.165, 1.54) is 20.4 Å². The minimum absolute atomic E-state index is 0.0650. The number of hydrazone groups is 1. The standard InChI is InChI=1S/C20H19N7O5/c1-30-14-7-11(8-15(31-2)18(14)29)9-22-24-16(28)10-27-13-6-4-3-5-12(13)23-20(27)17-19(21)26-32-25-17/h3-9,29H,10H2,1-2H3,(H2,21,26)(H,24,28)/b22-9+. The summed E-state index contributed by atoms with van der Waals surface area (Å²) in [7, 11) is 2.84. The molecule has 0 aliphatic heterocycles. The van der Waals surface area contributed by atoms with E-state index in [4.69, 9.17) is 15.2 Å². The number of rotatable bonds is 7. The van der Waals surface area contributed by atoms with Crippen molar-refractivity contribution in [1.29, 1.82) is 0 Å². The summed E-state index contributed by atoms with van der Waals surface area (Å²) in [5.41, 5.74) is 10.4. The first-order valence-corrected chi connectivity index (χ1v) is 9.32. The number of phenols is 1. The van der Waals surface area contributed by atoms with Crippen LogP contribution < -0.4 is 20.6 Å². The number of imidazole rings is 1. The van der Waals surface area contributed by atoms with E-state index < -0.39 is 5.91 Å². The van der Waals surface area contributed by atoms with E-state index in [2.05, 4.69) is 30.5 Å². The Labute approximate surface area is 181 Å². The van der Waals surface area contributed by atoms with Crippen molar-refractivity contribution in [3.8, 4) is 28.8 Å². The molecule has 0 bridgehead atoms. The smallest absolute Gasteiger partial charge is 0.260 e. The number of aromatic hydroxyl groups is 1. The molecule has 0 atom stereocenters. The quantitative estimate of drug-likeness (QED) is 0.287. The van der Waals surface area contributed by atoms with Crippen LogP contribution in [0.4, 0.5) is 5.82 Å². The Morgan fingerprint density at radius 2 is 1.97 bits per heavy atom. The second-order valence-electron chi connectivity index (χ2n) is 6.58. The van der Waals surface area contributed by atoms with Crippen molar-refractivity contribution in [3.05, 3.63) is 42.0 Å². The number of amides is 1. The van der Waals surface area contributed by atoms with Crippen LogP contribution in [0.3, 0.4) is 0 Å². The largest absolute Gasteiger partial charge is 0.502 e. The van der Waals surface area contributed by atoms with Crippen LogP contribution in [0, 0.1) is 0 Å². The minimum Gasteiger partial charge on any atom is -0.502 e. The maximum Gasteiger partial charge on any atom is 0.260 e. The van der Waals surface area contributed by atoms with E-state index in [0.29, 0.717) is 22.4 Å². The highest BCUT2D eigenvalue weighted by Crippen LogP contribution is 2.36. The molecule has 0 radical (unpaired) electrons. The van der Waals surface area contributed by atoms with E-state index in [1.807, 2.05) is 18.2 Å². The lowest BCUT2D eigenvalue weighted by Gasteiger charge is -2.09. The van der Waals surface area contributed by atoms with Gasteiger partial charge in [0.05, 0.1) is 31.5 Å². The number of para-hydroxylation sites is 2. The van der Waals surface area contributed by atoms with E-state index in [9.17, 15) is 9.90 Å². The molecule has 12 nitrogen and oxygen atoms in total. The molecular formula is C20H19N7O5. The van der Waals surface area contributed by atoms with Gasteiger partial charge in [0.2, 0.25) is 5.75 Å². The normalized spacial score (nSPS) is 11.2. The van der Waals surface area contributed by atoms with E-state index >= 15 is 0 Å². The highest BCUT2D eigenvalue weighted by molar-refractivity contribution is 5.87. The van der Waals surface area contributed by atoms with Gasteiger partial charge < -0.3 is 24.9 Å². The van der Waals surface area contributed by atoms with Gasteiger partial charge in [0.25, 0.3) is 5.91 Å². The van der Waals surface area contributed by atoms with Gasteiger partial charge in [-0.15, -0.1) is 0 Å². The van der Waals surface area contributed by atoms with Crippen molar-refractivity contribution in [3.63, 3.8) is 0 Å². The number of hydrogen-bond donors (Lipinski definition) is 3. The number of phenolic OH excluding ortho intramolecular Hbond substituents is 1. The van der Waals surface area contributed by atoms with Crippen LogP contribution in [0.25, 0.3) is 22.6 Å². The number of benzene rings is 2. The van der Waals surface area contributed by atoms with E-state index in [-0.39, 0.29) is 35.3 Å². The predicted molar refractivity (Wildman–Crippen MR) is 114 cm³/mol. The summed E-state index contributed by atoms with van der Waals surface area (Å²) in [6.45, 7) is -0.109. The number of methoxy groups -OCH3 is 2. The number of ether oxygens (including phenoxy) is 2. The molecule has 164 valence electrons. The monoisotopic (exact) mass is 437 g/mol. The summed E-state index contributed by atoms with van der Waals surface area (Å²) in [5.74, 6) is 0.291. The van der Waals surface area contributed by atoms with Gasteiger partial charge in [-0.25, -0.2) is 15.0 Å². The first-order valence-electron chi connectivity index (χ1n) is 9.32. The van der Waals surface area contributed by atoms with Crippen molar-refractivity contribution in [2.75, 3.05) is 20.0 Å². The van der Waals surface area contributed by atoms with Crippen LogP contribution in [0.2, 0.25) is 0 Å². The van der Waals surface area contributed by atoms with E-state index in [1.54, 1.807) is 22.8 Å².